The van der Waals surface area contributed by atoms with Crippen LogP contribution in [0.4, 0.5) is 0 Å². The number of carbonyl (C=O) groups excluding carboxylic acids is 2. The Morgan fingerprint density at radius 1 is 0.815 bits per heavy atom. The smallest absolute Gasteiger partial charge is 0.283 e. The highest BCUT2D eigenvalue weighted by Crippen LogP contribution is 1.94. The molecule has 144 valence electrons. The molecule has 0 spiro atoms. The van der Waals surface area contributed by atoms with Gasteiger partial charge in [-0.15, -0.1) is 9.46 Å². The number of carbonyl (C=O) groups is 2. The van der Waals surface area contributed by atoms with Crippen molar-refractivity contribution in [2.75, 3.05) is 26.3 Å². The standard InChI is InChI=1S/C16H18N4O7/c21-13-5-1-3-11(19(13)25)15(23)17-7-9-27-10-8-18-16(24)12-4-2-6-14(22)20(12)26/h1-6,25-26H,7-10H2,(H,17,23)(H,18,24). The summed E-state index contributed by atoms with van der Waals surface area (Å²) in [5.74, 6) is -1.28. The SMILES string of the molecule is O=C(NCCOCCNC(=O)c1cccc(=O)n1O)c1cccc(=O)n1O. The summed E-state index contributed by atoms with van der Waals surface area (Å²) in [6, 6.07) is 7.50. The van der Waals surface area contributed by atoms with E-state index in [-0.39, 0.29) is 47.2 Å². The number of amides is 2. The second kappa shape index (κ2) is 9.20. The monoisotopic (exact) mass is 378 g/mol. The lowest BCUT2D eigenvalue weighted by Crippen LogP contribution is -2.34. The van der Waals surface area contributed by atoms with Crippen molar-refractivity contribution in [3.05, 3.63) is 68.5 Å². The van der Waals surface area contributed by atoms with Crippen molar-refractivity contribution in [3.63, 3.8) is 0 Å². The number of aromatic nitrogens is 2. The molecule has 0 atom stereocenters. The fourth-order valence-corrected chi connectivity index (χ4v) is 2.06. The zero-order valence-corrected chi connectivity index (χ0v) is 14.1. The molecule has 0 aliphatic carbocycles. The van der Waals surface area contributed by atoms with Crippen LogP contribution in [0, 0.1) is 0 Å². The van der Waals surface area contributed by atoms with E-state index in [9.17, 15) is 29.6 Å². The Bertz CT molecular complexity index is 859. The molecule has 0 saturated carbocycles. The molecule has 4 N–H and O–H groups in total. The Morgan fingerprint density at radius 3 is 1.63 bits per heavy atom. The number of ether oxygens (including phenoxy) is 1. The van der Waals surface area contributed by atoms with Crippen molar-refractivity contribution in [2.45, 2.75) is 0 Å². The fraction of sp³-hybridized carbons (Fsp3) is 0.250. The van der Waals surface area contributed by atoms with E-state index in [2.05, 4.69) is 10.6 Å². The van der Waals surface area contributed by atoms with Gasteiger partial charge in [-0.1, -0.05) is 12.1 Å². The van der Waals surface area contributed by atoms with Crippen molar-refractivity contribution < 1.29 is 24.7 Å². The molecular formula is C16H18N4O7. The Hall–Kier alpha value is -3.60. The maximum absolute atomic E-state index is 11.8. The van der Waals surface area contributed by atoms with Crippen LogP contribution in [0.5, 0.6) is 0 Å². The summed E-state index contributed by atoms with van der Waals surface area (Å²) in [6.07, 6.45) is 0. The molecule has 11 heteroatoms. The number of pyridine rings is 2. The number of hydrogen-bond acceptors (Lipinski definition) is 7. The molecule has 0 radical (unpaired) electrons. The number of nitrogens with zero attached hydrogens (tertiary/aromatic N) is 2. The van der Waals surface area contributed by atoms with Crippen molar-refractivity contribution in [3.8, 4) is 0 Å². The van der Waals surface area contributed by atoms with Gasteiger partial charge in [0.05, 0.1) is 13.2 Å². The van der Waals surface area contributed by atoms with Gasteiger partial charge < -0.3 is 25.8 Å². The maximum atomic E-state index is 11.8. The van der Waals surface area contributed by atoms with E-state index in [1.807, 2.05) is 0 Å². The Morgan fingerprint density at radius 2 is 1.22 bits per heavy atom. The van der Waals surface area contributed by atoms with Gasteiger partial charge >= 0.3 is 0 Å². The molecule has 0 fully saturated rings. The summed E-state index contributed by atoms with van der Waals surface area (Å²) < 4.78 is 5.71. The Kier molecular flexibility index (Phi) is 6.72. The van der Waals surface area contributed by atoms with E-state index < -0.39 is 22.9 Å². The van der Waals surface area contributed by atoms with E-state index in [0.717, 1.165) is 12.1 Å². The van der Waals surface area contributed by atoms with E-state index >= 15 is 0 Å². The first-order valence-electron chi connectivity index (χ1n) is 7.88. The van der Waals surface area contributed by atoms with Crippen molar-refractivity contribution >= 4 is 11.8 Å². The third-order valence-electron chi connectivity index (χ3n) is 3.39. The highest BCUT2D eigenvalue weighted by molar-refractivity contribution is 5.92. The Labute approximate surface area is 152 Å². The van der Waals surface area contributed by atoms with Crippen LogP contribution < -0.4 is 21.8 Å². The summed E-state index contributed by atoms with van der Waals surface area (Å²) in [4.78, 5) is 46.1. The maximum Gasteiger partial charge on any atom is 0.283 e. The van der Waals surface area contributed by atoms with Crippen molar-refractivity contribution in [1.82, 2.24) is 20.1 Å². The first-order chi connectivity index (χ1) is 12.9. The minimum atomic E-state index is -0.721. The molecule has 2 rings (SSSR count). The average Bonchev–Trinajstić information content (AvgIpc) is 2.65. The normalized spacial score (nSPS) is 10.4. The zero-order chi connectivity index (χ0) is 19.8. The summed E-state index contributed by atoms with van der Waals surface area (Å²) in [7, 11) is 0. The molecular weight excluding hydrogens is 360 g/mol. The fourth-order valence-electron chi connectivity index (χ4n) is 2.06. The first-order valence-corrected chi connectivity index (χ1v) is 7.88. The van der Waals surface area contributed by atoms with Gasteiger partial charge in [0.25, 0.3) is 22.9 Å². The van der Waals surface area contributed by atoms with Gasteiger partial charge in [0, 0.05) is 25.2 Å². The molecule has 27 heavy (non-hydrogen) atoms. The van der Waals surface area contributed by atoms with Crippen LogP contribution >= 0.6 is 0 Å². The molecule has 2 amide bonds. The molecule has 2 heterocycles. The molecule has 0 saturated heterocycles. The van der Waals surface area contributed by atoms with E-state index in [4.69, 9.17) is 4.74 Å². The van der Waals surface area contributed by atoms with Crippen LogP contribution in [-0.2, 0) is 4.74 Å². The number of hydrogen-bond donors (Lipinski definition) is 4. The largest absolute Gasteiger partial charge is 0.425 e. The lowest BCUT2D eigenvalue weighted by molar-refractivity contribution is 0.0839. The summed E-state index contributed by atoms with van der Waals surface area (Å²) in [5.41, 5.74) is -1.84. The van der Waals surface area contributed by atoms with Crippen molar-refractivity contribution in [1.29, 1.82) is 0 Å². The van der Waals surface area contributed by atoms with Gasteiger partial charge in [-0.05, 0) is 12.1 Å². The highest BCUT2D eigenvalue weighted by atomic mass is 16.5. The molecule has 0 aliphatic rings. The van der Waals surface area contributed by atoms with Crippen molar-refractivity contribution in [2.24, 2.45) is 0 Å². The Balaban J connectivity index is 1.66. The second-order valence-electron chi connectivity index (χ2n) is 5.25. The summed E-state index contributed by atoms with van der Waals surface area (Å²) in [5, 5.41) is 23.8. The van der Waals surface area contributed by atoms with Gasteiger partial charge in [-0.25, -0.2) is 0 Å². The van der Waals surface area contributed by atoms with Crippen LogP contribution in [0.15, 0.2) is 46.0 Å². The topological polar surface area (TPSA) is 152 Å². The van der Waals surface area contributed by atoms with Gasteiger partial charge in [-0.2, -0.15) is 0 Å². The number of nitrogens with one attached hydrogen (secondary N) is 2. The van der Waals surface area contributed by atoms with Crippen LogP contribution in [0.1, 0.15) is 21.0 Å². The van der Waals surface area contributed by atoms with Crippen LogP contribution in [0.3, 0.4) is 0 Å². The van der Waals surface area contributed by atoms with Gasteiger partial charge in [0.2, 0.25) is 0 Å². The predicted octanol–water partition coefficient (Wildman–Crippen LogP) is -1.34. The molecule has 0 bridgehead atoms. The van der Waals surface area contributed by atoms with Gasteiger partial charge in [0.1, 0.15) is 11.4 Å². The highest BCUT2D eigenvalue weighted by Gasteiger charge is 2.12. The third-order valence-corrected chi connectivity index (χ3v) is 3.39. The number of rotatable bonds is 8. The molecule has 0 aromatic carbocycles. The average molecular weight is 378 g/mol. The lowest BCUT2D eigenvalue weighted by atomic mass is 10.3. The molecule has 11 nitrogen and oxygen atoms in total. The molecule has 0 aliphatic heterocycles. The first kappa shape index (κ1) is 19.7. The quantitative estimate of drug-likeness (QED) is 0.328. The van der Waals surface area contributed by atoms with E-state index in [1.54, 1.807) is 0 Å². The summed E-state index contributed by atoms with van der Waals surface area (Å²) in [6.45, 7) is 0.482. The minimum absolute atomic E-state index is 0.116. The molecule has 0 unspecified atom stereocenters. The minimum Gasteiger partial charge on any atom is -0.425 e. The predicted molar refractivity (Wildman–Crippen MR) is 91.3 cm³/mol. The summed E-state index contributed by atoms with van der Waals surface area (Å²) >= 11 is 0. The second-order valence-corrected chi connectivity index (χ2v) is 5.25. The van der Waals surface area contributed by atoms with Gasteiger partial charge in [0.15, 0.2) is 0 Å². The lowest BCUT2D eigenvalue weighted by Gasteiger charge is -2.09. The third kappa shape index (κ3) is 5.19. The van der Waals surface area contributed by atoms with Crippen LogP contribution in [-0.4, -0.2) is 58.0 Å². The molecule has 2 aromatic heterocycles. The van der Waals surface area contributed by atoms with Gasteiger partial charge in [-0.3, -0.25) is 19.2 Å². The van der Waals surface area contributed by atoms with E-state index in [1.165, 1.54) is 24.3 Å². The molecule has 2 aromatic rings. The van der Waals surface area contributed by atoms with Crippen LogP contribution in [0.25, 0.3) is 0 Å². The zero-order valence-electron chi connectivity index (χ0n) is 14.1. The van der Waals surface area contributed by atoms with Crippen LogP contribution in [0.2, 0.25) is 0 Å². The van der Waals surface area contributed by atoms with E-state index in [0.29, 0.717) is 0 Å².